The van der Waals surface area contributed by atoms with Gasteiger partial charge in [0, 0.05) is 24.8 Å². The summed E-state index contributed by atoms with van der Waals surface area (Å²) in [6.45, 7) is 1.54. The molecule has 2 aromatic heterocycles. The lowest BCUT2D eigenvalue weighted by Gasteiger charge is -2.45. The summed E-state index contributed by atoms with van der Waals surface area (Å²) in [5.41, 5.74) is 0.790. The van der Waals surface area contributed by atoms with Crippen LogP contribution in [0.3, 0.4) is 0 Å². The number of hydrogen-bond donors (Lipinski definition) is 1. The van der Waals surface area contributed by atoms with Crippen molar-refractivity contribution in [3.63, 3.8) is 0 Å². The van der Waals surface area contributed by atoms with Gasteiger partial charge < -0.3 is 4.90 Å². The van der Waals surface area contributed by atoms with Gasteiger partial charge in [-0.05, 0) is 49.2 Å². The van der Waals surface area contributed by atoms with E-state index in [1.165, 1.54) is 6.07 Å². The molecule has 3 aromatic rings. The molecule has 6 nitrogen and oxygen atoms in total. The van der Waals surface area contributed by atoms with Crippen molar-refractivity contribution in [2.24, 2.45) is 0 Å². The molecule has 2 aliphatic heterocycles. The molecule has 1 N–H and O–H groups in total. The van der Waals surface area contributed by atoms with E-state index in [0.29, 0.717) is 29.4 Å². The highest BCUT2D eigenvalue weighted by atomic mass is 19.4. The fraction of sp³-hybridized carbons (Fsp3) is 0.261. The second-order valence-corrected chi connectivity index (χ2v) is 7.87. The smallest absolute Gasteiger partial charge is 0.366 e. The Labute approximate surface area is 182 Å². The maximum Gasteiger partial charge on any atom is 0.416 e. The van der Waals surface area contributed by atoms with Crippen molar-refractivity contribution < 1.29 is 18.0 Å². The van der Waals surface area contributed by atoms with Crippen LogP contribution in [0, 0.1) is 0 Å². The summed E-state index contributed by atoms with van der Waals surface area (Å²) in [7, 11) is 0. The number of anilines is 3. The number of piperidine rings is 1. The van der Waals surface area contributed by atoms with Gasteiger partial charge in [0.05, 0.1) is 23.0 Å². The molecule has 32 heavy (non-hydrogen) atoms. The fourth-order valence-corrected chi connectivity index (χ4v) is 4.31. The van der Waals surface area contributed by atoms with Crippen LogP contribution in [0.2, 0.25) is 0 Å². The molecule has 0 saturated carbocycles. The second-order valence-electron chi connectivity index (χ2n) is 7.87. The van der Waals surface area contributed by atoms with E-state index in [0.717, 1.165) is 37.2 Å². The number of urea groups is 1. The Kier molecular flexibility index (Phi) is 4.96. The minimum Gasteiger partial charge on any atom is -0.366 e. The average Bonchev–Trinajstić information content (AvgIpc) is 2.79. The third-order valence-electron chi connectivity index (χ3n) is 5.79. The van der Waals surface area contributed by atoms with Crippen molar-refractivity contribution in [1.29, 1.82) is 0 Å². The van der Waals surface area contributed by atoms with Crippen molar-refractivity contribution in [1.82, 2.24) is 9.97 Å². The third-order valence-corrected chi connectivity index (χ3v) is 5.79. The molecular weight excluding hydrogens is 419 g/mol. The highest BCUT2D eigenvalue weighted by Crippen LogP contribution is 2.40. The Morgan fingerprint density at radius 3 is 2.75 bits per heavy atom. The van der Waals surface area contributed by atoms with E-state index in [1.807, 2.05) is 6.07 Å². The highest BCUT2D eigenvalue weighted by Gasteiger charge is 2.38. The van der Waals surface area contributed by atoms with Crippen LogP contribution >= 0.6 is 0 Å². The minimum atomic E-state index is -4.44. The number of rotatable bonds is 2. The van der Waals surface area contributed by atoms with Gasteiger partial charge in [0.15, 0.2) is 5.82 Å². The van der Waals surface area contributed by atoms with Crippen LogP contribution in [-0.2, 0) is 6.18 Å². The summed E-state index contributed by atoms with van der Waals surface area (Å²) in [4.78, 5) is 25.9. The zero-order chi connectivity index (χ0) is 22.3. The maximum absolute atomic E-state index is 13.2. The van der Waals surface area contributed by atoms with Gasteiger partial charge in [-0.15, -0.1) is 0 Å². The van der Waals surface area contributed by atoms with Gasteiger partial charge in [0.1, 0.15) is 5.82 Å². The number of pyridine rings is 2. The fourth-order valence-electron chi connectivity index (χ4n) is 4.31. The molecule has 0 aliphatic carbocycles. The molecule has 1 aromatic carbocycles. The lowest BCUT2D eigenvalue weighted by atomic mass is 9.99. The number of aromatic nitrogens is 2. The molecule has 1 atom stereocenters. The first-order valence-corrected chi connectivity index (χ1v) is 10.3. The van der Waals surface area contributed by atoms with Gasteiger partial charge in [-0.25, -0.2) is 14.8 Å². The molecule has 2 aliphatic rings. The number of nitrogens with one attached hydrogen (secondary N) is 1. The van der Waals surface area contributed by atoms with Gasteiger partial charge in [0.25, 0.3) is 0 Å². The first kappa shape index (κ1) is 20.3. The van der Waals surface area contributed by atoms with Crippen molar-refractivity contribution in [3.05, 3.63) is 66.4 Å². The quantitative estimate of drug-likeness (QED) is 0.598. The summed E-state index contributed by atoms with van der Waals surface area (Å²) in [6.07, 6.45) is -1.10. The molecular formula is C23H20F3N5O. The van der Waals surface area contributed by atoms with Crippen molar-refractivity contribution in [3.8, 4) is 11.3 Å². The van der Waals surface area contributed by atoms with Crippen LogP contribution in [0.25, 0.3) is 11.3 Å². The van der Waals surface area contributed by atoms with Gasteiger partial charge in [-0.2, -0.15) is 13.2 Å². The van der Waals surface area contributed by atoms with Crippen molar-refractivity contribution >= 4 is 23.4 Å². The summed E-state index contributed by atoms with van der Waals surface area (Å²) < 4.78 is 39.6. The van der Waals surface area contributed by atoms with E-state index >= 15 is 0 Å². The number of amides is 2. The largest absolute Gasteiger partial charge is 0.416 e. The molecule has 2 bridgehead atoms. The van der Waals surface area contributed by atoms with Crippen LogP contribution in [0.5, 0.6) is 0 Å². The number of benzene rings is 1. The molecule has 1 unspecified atom stereocenters. The van der Waals surface area contributed by atoms with E-state index in [1.54, 1.807) is 41.4 Å². The van der Waals surface area contributed by atoms with E-state index < -0.39 is 11.7 Å². The van der Waals surface area contributed by atoms with Crippen LogP contribution < -0.4 is 15.1 Å². The standard InChI is InChI=1S/C23H20F3N5O/c24-23(25,26)16-6-3-5-15(13-16)18-9-10-19-21(28-18)31(17-7-4-12-30(19)14-17)22(32)29-20-8-1-2-11-27-20/h1-3,5-6,8-11,13,17H,4,7,12,14H2,(H,27,29,32). The molecule has 5 rings (SSSR count). The molecule has 2 amide bonds. The number of halogens is 3. The zero-order valence-electron chi connectivity index (χ0n) is 17.0. The molecule has 9 heteroatoms. The predicted molar refractivity (Wildman–Crippen MR) is 116 cm³/mol. The monoisotopic (exact) mass is 439 g/mol. The highest BCUT2D eigenvalue weighted by molar-refractivity contribution is 6.04. The van der Waals surface area contributed by atoms with Crippen LogP contribution in [0.15, 0.2) is 60.8 Å². The number of carbonyl (C=O) groups is 1. The van der Waals surface area contributed by atoms with Crippen molar-refractivity contribution in [2.75, 3.05) is 28.2 Å². The normalized spacial score (nSPS) is 17.7. The minimum absolute atomic E-state index is 0.0794. The zero-order valence-corrected chi connectivity index (χ0v) is 17.0. The summed E-state index contributed by atoms with van der Waals surface area (Å²) in [5, 5.41) is 2.81. The van der Waals surface area contributed by atoms with E-state index in [2.05, 4.69) is 20.2 Å². The molecule has 1 saturated heterocycles. The summed E-state index contributed by atoms with van der Waals surface area (Å²) in [5.74, 6) is 0.871. The number of carbonyl (C=O) groups excluding carboxylic acids is 1. The Bertz CT molecular complexity index is 1150. The van der Waals surface area contributed by atoms with Gasteiger partial charge in [0.2, 0.25) is 0 Å². The van der Waals surface area contributed by atoms with Crippen LogP contribution in [0.4, 0.5) is 35.3 Å². The lowest BCUT2D eigenvalue weighted by Crippen LogP contribution is -2.56. The average molecular weight is 439 g/mol. The van der Waals surface area contributed by atoms with Gasteiger partial charge in [-0.3, -0.25) is 10.2 Å². The number of hydrogen-bond acceptors (Lipinski definition) is 4. The lowest BCUT2D eigenvalue weighted by molar-refractivity contribution is -0.137. The van der Waals surface area contributed by atoms with E-state index in [4.69, 9.17) is 0 Å². The first-order chi connectivity index (χ1) is 15.4. The van der Waals surface area contributed by atoms with E-state index in [9.17, 15) is 18.0 Å². The molecule has 0 radical (unpaired) electrons. The Balaban J connectivity index is 1.55. The molecule has 4 heterocycles. The van der Waals surface area contributed by atoms with Crippen LogP contribution in [-0.4, -0.2) is 35.1 Å². The topological polar surface area (TPSA) is 61.4 Å². The second kappa shape index (κ2) is 7.81. The van der Waals surface area contributed by atoms with Crippen LogP contribution in [0.1, 0.15) is 18.4 Å². The first-order valence-electron chi connectivity index (χ1n) is 10.3. The third kappa shape index (κ3) is 3.74. The molecule has 0 spiro atoms. The van der Waals surface area contributed by atoms with E-state index in [-0.39, 0.29) is 12.1 Å². The predicted octanol–water partition coefficient (Wildman–Crippen LogP) is 5.18. The number of fused-ring (bicyclic) bond motifs is 4. The Morgan fingerprint density at radius 1 is 1.09 bits per heavy atom. The van der Waals surface area contributed by atoms with Gasteiger partial charge in [-0.1, -0.05) is 18.2 Å². The number of nitrogens with zero attached hydrogens (tertiary/aromatic N) is 4. The molecule has 1 fully saturated rings. The Hall–Kier alpha value is -3.62. The Morgan fingerprint density at radius 2 is 1.97 bits per heavy atom. The summed E-state index contributed by atoms with van der Waals surface area (Å²) in [6, 6.07) is 13.4. The van der Waals surface area contributed by atoms with Gasteiger partial charge >= 0.3 is 12.2 Å². The SMILES string of the molecule is O=C(Nc1ccccn1)N1c2nc(-c3cccc(C(F)(F)F)c3)ccc2N2CCCC1C2. The summed E-state index contributed by atoms with van der Waals surface area (Å²) >= 11 is 0. The number of alkyl halides is 3. The van der Waals surface area contributed by atoms with Crippen molar-refractivity contribution in [2.45, 2.75) is 25.1 Å². The molecule has 164 valence electrons. The maximum atomic E-state index is 13.2.